The van der Waals surface area contributed by atoms with Crippen molar-refractivity contribution in [2.75, 3.05) is 0 Å². The van der Waals surface area contributed by atoms with Gasteiger partial charge >= 0.3 is 5.97 Å². The monoisotopic (exact) mass is 332 g/mol. The average Bonchev–Trinajstić information content (AvgIpc) is 2.33. The zero-order chi connectivity index (χ0) is 14.8. The van der Waals surface area contributed by atoms with Crippen LogP contribution in [0.1, 0.15) is 26.3 Å². The fraction of sp³-hybridized carbons (Fsp3) is 0.235. The fourth-order valence-electron chi connectivity index (χ4n) is 1.93. The van der Waals surface area contributed by atoms with Crippen LogP contribution >= 0.6 is 15.9 Å². The van der Waals surface area contributed by atoms with Gasteiger partial charge in [-0.3, -0.25) is 0 Å². The van der Waals surface area contributed by atoms with Crippen LogP contribution < -0.4 is 0 Å². The summed E-state index contributed by atoms with van der Waals surface area (Å²) in [5.74, 6) is -0.332. The van der Waals surface area contributed by atoms with Crippen LogP contribution in [0, 0.1) is 0 Å². The molecule has 0 aromatic heterocycles. The second-order valence-electron chi connectivity index (χ2n) is 5.58. The summed E-state index contributed by atoms with van der Waals surface area (Å²) in [6.45, 7) is 5.56. The predicted molar refractivity (Wildman–Crippen MR) is 86.5 cm³/mol. The maximum atomic E-state index is 11.7. The molecule has 0 saturated carbocycles. The summed E-state index contributed by atoms with van der Waals surface area (Å²) in [6, 6.07) is 12.1. The molecular weight excluding hydrogens is 316 g/mol. The van der Waals surface area contributed by atoms with Gasteiger partial charge in [0.2, 0.25) is 0 Å². The minimum atomic E-state index is -0.471. The van der Waals surface area contributed by atoms with E-state index in [0.29, 0.717) is 0 Å². The first-order valence-electron chi connectivity index (χ1n) is 6.44. The highest BCUT2D eigenvalue weighted by Crippen LogP contribution is 2.25. The average molecular weight is 333 g/mol. The molecule has 0 aliphatic carbocycles. The van der Waals surface area contributed by atoms with Crippen molar-refractivity contribution < 1.29 is 9.53 Å². The Kier molecular flexibility index (Phi) is 4.29. The van der Waals surface area contributed by atoms with Gasteiger partial charge in [0.25, 0.3) is 0 Å². The number of fused-ring (bicyclic) bond motifs is 1. The highest BCUT2D eigenvalue weighted by molar-refractivity contribution is 9.10. The number of carbonyl (C=O) groups excluding carboxylic acids is 1. The van der Waals surface area contributed by atoms with Gasteiger partial charge in [-0.1, -0.05) is 40.2 Å². The third-order valence-electron chi connectivity index (χ3n) is 2.66. The Hall–Kier alpha value is -1.61. The summed E-state index contributed by atoms with van der Waals surface area (Å²) in [6.07, 6.45) is 3.26. The van der Waals surface area contributed by atoms with Crippen molar-refractivity contribution >= 4 is 38.7 Å². The third-order valence-corrected chi connectivity index (χ3v) is 3.12. The van der Waals surface area contributed by atoms with Gasteiger partial charge in [-0.25, -0.2) is 4.79 Å². The largest absolute Gasteiger partial charge is 0.457 e. The Morgan fingerprint density at radius 2 is 1.90 bits per heavy atom. The van der Waals surface area contributed by atoms with E-state index < -0.39 is 5.60 Å². The number of benzene rings is 2. The molecule has 0 N–H and O–H groups in total. The predicted octanol–water partition coefficient (Wildman–Crippen LogP) is 4.96. The van der Waals surface area contributed by atoms with E-state index in [2.05, 4.69) is 22.0 Å². The van der Waals surface area contributed by atoms with Crippen molar-refractivity contribution in [3.8, 4) is 0 Å². The first-order chi connectivity index (χ1) is 9.35. The first-order valence-corrected chi connectivity index (χ1v) is 7.24. The zero-order valence-electron chi connectivity index (χ0n) is 11.8. The van der Waals surface area contributed by atoms with Gasteiger partial charge in [0, 0.05) is 10.5 Å². The Labute approximate surface area is 127 Å². The van der Waals surface area contributed by atoms with Crippen molar-refractivity contribution in [1.82, 2.24) is 0 Å². The van der Waals surface area contributed by atoms with E-state index in [1.54, 1.807) is 6.08 Å². The van der Waals surface area contributed by atoms with Gasteiger partial charge in [0.15, 0.2) is 0 Å². The lowest BCUT2D eigenvalue weighted by molar-refractivity contribution is -0.148. The molecule has 2 nitrogen and oxygen atoms in total. The van der Waals surface area contributed by atoms with E-state index in [9.17, 15) is 4.79 Å². The summed E-state index contributed by atoms with van der Waals surface area (Å²) >= 11 is 3.49. The van der Waals surface area contributed by atoms with Crippen LogP contribution in [0.25, 0.3) is 16.8 Å². The van der Waals surface area contributed by atoms with Gasteiger partial charge < -0.3 is 4.74 Å². The molecular formula is C17H17BrO2. The molecule has 0 bridgehead atoms. The lowest BCUT2D eigenvalue weighted by Crippen LogP contribution is -2.22. The quantitative estimate of drug-likeness (QED) is 0.574. The number of rotatable bonds is 2. The summed E-state index contributed by atoms with van der Waals surface area (Å²) in [4.78, 5) is 11.7. The van der Waals surface area contributed by atoms with E-state index in [-0.39, 0.29) is 5.97 Å². The molecule has 104 valence electrons. The molecule has 0 atom stereocenters. The van der Waals surface area contributed by atoms with Crippen molar-refractivity contribution in [2.24, 2.45) is 0 Å². The summed E-state index contributed by atoms with van der Waals surface area (Å²) in [7, 11) is 0. The topological polar surface area (TPSA) is 26.3 Å². The lowest BCUT2D eigenvalue weighted by Gasteiger charge is -2.17. The van der Waals surface area contributed by atoms with Crippen LogP contribution in [-0.4, -0.2) is 11.6 Å². The molecule has 0 fully saturated rings. The molecule has 0 saturated heterocycles. The van der Waals surface area contributed by atoms with Crippen LogP contribution in [0.4, 0.5) is 0 Å². The molecule has 2 aromatic carbocycles. The normalized spacial score (nSPS) is 12.0. The van der Waals surface area contributed by atoms with Gasteiger partial charge in [0.05, 0.1) is 0 Å². The van der Waals surface area contributed by atoms with Crippen LogP contribution in [-0.2, 0) is 9.53 Å². The second kappa shape index (κ2) is 5.80. The van der Waals surface area contributed by atoms with E-state index in [4.69, 9.17) is 4.74 Å². The summed E-state index contributed by atoms with van der Waals surface area (Å²) in [5, 5.41) is 2.24. The van der Waals surface area contributed by atoms with E-state index >= 15 is 0 Å². The molecule has 3 heteroatoms. The van der Waals surface area contributed by atoms with E-state index in [1.165, 1.54) is 6.08 Å². The maximum absolute atomic E-state index is 11.7. The Morgan fingerprint density at radius 1 is 1.20 bits per heavy atom. The van der Waals surface area contributed by atoms with Crippen LogP contribution in [0.3, 0.4) is 0 Å². The van der Waals surface area contributed by atoms with Crippen molar-refractivity contribution in [1.29, 1.82) is 0 Å². The lowest BCUT2D eigenvalue weighted by atomic mass is 10.0. The Balaban J connectivity index is 2.32. The number of hydrogen-bond donors (Lipinski definition) is 0. The van der Waals surface area contributed by atoms with Crippen LogP contribution in [0.5, 0.6) is 0 Å². The second-order valence-corrected chi connectivity index (χ2v) is 6.50. The molecule has 0 aliphatic heterocycles. The fourth-order valence-corrected chi connectivity index (χ4v) is 2.43. The standard InChI is InChI=1S/C17H17BrO2/c1-17(2,3)20-16(19)9-8-13-11-14(18)10-12-6-4-5-7-15(12)13/h4-11H,1-3H3/b9-8+. The highest BCUT2D eigenvalue weighted by atomic mass is 79.9. The van der Waals surface area contributed by atoms with E-state index in [0.717, 1.165) is 20.8 Å². The third kappa shape index (κ3) is 3.94. The SMILES string of the molecule is CC(C)(C)OC(=O)/C=C/c1cc(Br)cc2ccccc12. The molecule has 2 rings (SSSR count). The number of esters is 1. The van der Waals surface area contributed by atoms with Gasteiger partial charge in [0.1, 0.15) is 5.60 Å². The number of ether oxygens (including phenoxy) is 1. The van der Waals surface area contributed by atoms with E-state index in [1.807, 2.05) is 51.1 Å². The zero-order valence-corrected chi connectivity index (χ0v) is 13.4. The van der Waals surface area contributed by atoms with Crippen LogP contribution in [0.2, 0.25) is 0 Å². The van der Waals surface area contributed by atoms with Gasteiger partial charge in [-0.2, -0.15) is 0 Å². The minimum absolute atomic E-state index is 0.332. The Morgan fingerprint density at radius 3 is 2.60 bits per heavy atom. The number of carbonyl (C=O) groups is 1. The number of hydrogen-bond acceptors (Lipinski definition) is 2. The molecule has 0 amide bonds. The molecule has 0 unspecified atom stereocenters. The van der Waals surface area contributed by atoms with Crippen molar-refractivity contribution in [3.05, 3.63) is 52.5 Å². The van der Waals surface area contributed by atoms with Crippen LogP contribution in [0.15, 0.2) is 46.9 Å². The molecule has 0 aliphatic rings. The molecule has 0 heterocycles. The maximum Gasteiger partial charge on any atom is 0.331 e. The highest BCUT2D eigenvalue weighted by Gasteiger charge is 2.13. The van der Waals surface area contributed by atoms with Gasteiger partial charge in [-0.05, 0) is 55.3 Å². The molecule has 2 aromatic rings. The van der Waals surface area contributed by atoms with Crippen molar-refractivity contribution in [3.63, 3.8) is 0 Å². The Bertz CT molecular complexity index is 666. The molecule has 0 radical (unpaired) electrons. The minimum Gasteiger partial charge on any atom is -0.457 e. The smallest absolute Gasteiger partial charge is 0.331 e. The molecule has 0 spiro atoms. The first kappa shape index (κ1) is 14.8. The van der Waals surface area contributed by atoms with Crippen molar-refractivity contribution in [2.45, 2.75) is 26.4 Å². The summed E-state index contributed by atoms with van der Waals surface area (Å²) in [5.41, 5.74) is 0.515. The summed E-state index contributed by atoms with van der Waals surface area (Å²) < 4.78 is 6.25. The van der Waals surface area contributed by atoms with Gasteiger partial charge in [-0.15, -0.1) is 0 Å². The molecule has 20 heavy (non-hydrogen) atoms. The number of halogens is 1.